The number of pyridine rings is 1. The van der Waals surface area contributed by atoms with Crippen LogP contribution < -0.4 is 0 Å². The van der Waals surface area contributed by atoms with Crippen LogP contribution in [0.25, 0.3) is 22.3 Å². The van der Waals surface area contributed by atoms with Crippen LogP contribution in [-0.4, -0.2) is 39.6 Å². The summed E-state index contributed by atoms with van der Waals surface area (Å²) in [6.07, 6.45) is 9.78. The molecule has 1 aromatic carbocycles. The number of piperidine rings is 1. The van der Waals surface area contributed by atoms with E-state index in [1.165, 1.54) is 48.9 Å². The summed E-state index contributed by atoms with van der Waals surface area (Å²) in [6, 6.07) is 8.42. The highest BCUT2D eigenvalue weighted by atomic mass is 15.1. The smallest absolute Gasteiger partial charge is 0.140 e. The Morgan fingerprint density at radius 1 is 1.08 bits per heavy atom. The van der Waals surface area contributed by atoms with E-state index >= 15 is 0 Å². The maximum absolute atomic E-state index is 4.70. The SMILES string of the molecule is Cc1ccc2ncccc2c1-c1nccn1CCC1CCN(C)CC1. The molecule has 0 unspecified atom stereocenters. The molecule has 0 atom stereocenters. The number of aryl methyl sites for hydroxylation is 2. The molecule has 1 saturated heterocycles. The van der Waals surface area contributed by atoms with Crippen LogP contribution in [-0.2, 0) is 6.54 Å². The van der Waals surface area contributed by atoms with Gasteiger partial charge in [0.15, 0.2) is 0 Å². The molecule has 1 aliphatic heterocycles. The van der Waals surface area contributed by atoms with Gasteiger partial charge in [-0.2, -0.15) is 0 Å². The molecule has 2 aromatic heterocycles. The van der Waals surface area contributed by atoms with Crippen molar-refractivity contribution in [1.29, 1.82) is 0 Å². The zero-order valence-electron chi connectivity index (χ0n) is 15.2. The highest BCUT2D eigenvalue weighted by molar-refractivity contribution is 5.94. The van der Waals surface area contributed by atoms with E-state index in [9.17, 15) is 0 Å². The number of likely N-dealkylation sites (tertiary alicyclic amines) is 1. The second-order valence-corrected chi connectivity index (χ2v) is 7.31. The van der Waals surface area contributed by atoms with Crippen molar-refractivity contribution in [2.75, 3.05) is 20.1 Å². The summed E-state index contributed by atoms with van der Waals surface area (Å²) in [4.78, 5) is 11.6. The van der Waals surface area contributed by atoms with E-state index in [1.54, 1.807) is 0 Å². The molecule has 130 valence electrons. The van der Waals surface area contributed by atoms with Crippen molar-refractivity contribution in [3.63, 3.8) is 0 Å². The van der Waals surface area contributed by atoms with Crippen molar-refractivity contribution in [1.82, 2.24) is 19.4 Å². The van der Waals surface area contributed by atoms with Crippen molar-refractivity contribution in [2.24, 2.45) is 5.92 Å². The molecular weight excluding hydrogens is 308 g/mol. The lowest BCUT2D eigenvalue weighted by atomic mass is 9.94. The van der Waals surface area contributed by atoms with Crippen LogP contribution in [0.15, 0.2) is 42.9 Å². The first-order valence-corrected chi connectivity index (χ1v) is 9.27. The summed E-state index contributed by atoms with van der Waals surface area (Å²) in [6.45, 7) is 5.67. The van der Waals surface area contributed by atoms with Crippen molar-refractivity contribution in [3.8, 4) is 11.4 Å². The van der Waals surface area contributed by atoms with Crippen molar-refractivity contribution >= 4 is 10.9 Å². The van der Waals surface area contributed by atoms with E-state index in [4.69, 9.17) is 4.98 Å². The largest absolute Gasteiger partial charge is 0.331 e. The van der Waals surface area contributed by atoms with Gasteiger partial charge in [0.1, 0.15) is 5.82 Å². The van der Waals surface area contributed by atoms with Gasteiger partial charge in [-0.1, -0.05) is 12.1 Å². The topological polar surface area (TPSA) is 34.0 Å². The Labute approximate surface area is 149 Å². The van der Waals surface area contributed by atoms with Crippen molar-refractivity contribution < 1.29 is 0 Å². The van der Waals surface area contributed by atoms with Gasteiger partial charge in [0.2, 0.25) is 0 Å². The summed E-state index contributed by atoms with van der Waals surface area (Å²) < 4.78 is 2.33. The summed E-state index contributed by atoms with van der Waals surface area (Å²) in [5.74, 6) is 1.91. The average Bonchev–Trinajstić information content (AvgIpc) is 3.09. The van der Waals surface area contributed by atoms with Gasteiger partial charge in [-0.05, 0) is 69.9 Å². The molecule has 4 rings (SSSR count). The van der Waals surface area contributed by atoms with E-state index in [1.807, 2.05) is 18.5 Å². The van der Waals surface area contributed by atoms with Crippen LogP contribution in [0.5, 0.6) is 0 Å². The van der Waals surface area contributed by atoms with Gasteiger partial charge in [-0.3, -0.25) is 4.98 Å². The van der Waals surface area contributed by atoms with Gasteiger partial charge >= 0.3 is 0 Å². The fourth-order valence-electron chi connectivity index (χ4n) is 3.95. The highest BCUT2D eigenvalue weighted by Gasteiger charge is 2.18. The number of hydrogen-bond donors (Lipinski definition) is 0. The predicted molar refractivity (Wildman–Crippen MR) is 103 cm³/mol. The van der Waals surface area contributed by atoms with Gasteiger partial charge in [0, 0.05) is 36.1 Å². The van der Waals surface area contributed by atoms with E-state index in [2.05, 4.69) is 52.8 Å². The van der Waals surface area contributed by atoms with Crippen molar-refractivity contribution in [3.05, 3.63) is 48.4 Å². The first-order chi connectivity index (χ1) is 12.2. The fourth-order valence-corrected chi connectivity index (χ4v) is 3.95. The number of nitrogens with zero attached hydrogens (tertiary/aromatic N) is 4. The molecule has 0 spiro atoms. The van der Waals surface area contributed by atoms with Gasteiger partial charge < -0.3 is 9.47 Å². The molecular formula is C21H26N4. The molecule has 4 nitrogen and oxygen atoms in total. The maximum atomic E-state index is 4.70. The van der Waals surface area contributed by atoms with E-state index < -0.39 is 0 Å². The Morgan fingerprint density at radius 3 is 2.76 bits per heavy atom. The lowest BCUT2D eigenvalue weighted by Gasteiger charge is -2.29. The fraction of sp³-hybridized carbons (Fsp3) is 0.429. The Hall–Kier alpha value is -2.20. The van der Waals surface area contributed by atoms with Crippen LogP contribution in [0, 0.1) is 12.8 Å². The first kappa shape index (κ1) is 16.3. The zero-order valence-corrected chi connectivity index (χ0v) is 15.2. The molecule has 0 amide bonds. The van der Waals surface area contributed by atoms with Crippen LogP contribution in [0.2, 0.25) is 0 Å². The highest BCUT2D eigenvalue weighted by Crippen LogP contribution is 2.30. The predicted octanol–water partition coefficient (Wildman–Crippen LogP) is 4.14. The number of hydrogen-bond acceptors (Lipinski definition) is 3. The standard InChI is InChI=1S/C21H26N4/c1-16-5-6-19-18(4-3-10-22-19)20(16)21-23-11-15-25(21)14-9-17-7-12-24(2)13-8-17/h3-6,10-11,15,17H,7-9,12-14H2,1-2H3. The molecule has 1 aliphatic rings. The van der Waals surface area contributed by atoms with Crippen LogP contribution >= 0.6 is 0 Å². The number of benzene rings is 1. The quantitative estimate of drug-likeness (QED) is 0.719. The summed E-state index contributed by atoms with van der Waals surface area (Å²) in [5, 5.41) is 1.19. The molecule has 3 aromatic rings. The second-order valence-electron chi connectivity index (χ2n) is 7.31. The minimum atomic E-state index is 0.835. The third-order valence-corrected chi connectivity index (χ3v) is 5.55. The van der Waals surface area contributed by atoms with Crippen LogP contribution in [0.4, 0.5) is 0 Å². The average molecular weight is 334 g/mol. The minimum Gasteiger partial charge on any atom is -0.331 e. The molecule has 4 heteroatoms. The molecule has 0 saturated carbocycles. The maximum Gasteiger partial charge on any atom is 0.140 e. The molecule has 1 fully saturated rings. The lowest BCUT2D eigenvalue weighted by molar-refractivity contribution is 0.208. The number of fused-ring (bicyclic) bond motifs is 1. The third-order valence-electron chi connectivity index (χ3n) is 5.55. The third kappa shape index (κ3) is 3.31. The van der Waals surface area contributed by atoms with Crippen LogP contribution in [0.3, 0.4) is 0 Å². The second kappa shape index (κ2) is 6.96. The molecule has 25 heavy (non-hydrogen) atoms. The number of imidazole rings is 1. The summed E-state index contributed by atoms with van der Waals surface area (Å²) >= 11 is 0. The summed E-state index contributed by atoms with van der Waals surface area (Å²) in [7, 11) is 2.22. The van der Waals surface area contributed by atoms with Gasteiger partial charge in [0.05, 0.1) is 5.52 Å². The Morgan fingerprint density at radius 2 is 1.92 bits per heavy atom. The Balaban J connectivity index is 1.61. The van der Waals surface area contributed by atoms with Gasteiger partial charge in [-0.15, -0.1) is 0 Å². The van der Waals surface area contributed by atoms with Crippen LogP contribution in [0.1, 0.15) is 24.8 Å². The lowest BCUT2D eigenvalue weighted by Crippen LogP contribution is -2.30. The minimum absolute atomic E-state index is 0.835. The Kier molecular flexibility index (Phi) is 4.53. The van der Waals surface area contributed by atoms with E-state index in [-0.39, 0.29) is 0 Å². The molecule has 3 heterocycles. The number of rotatable bonds is 4. The normalized spacial score (nSPS) is 16.6. The summed E-state index contributed by atoms with van der Waals surface area (Å²) in [5.41, 5.74) is 3.51. The molecule has 0 bridgehead atoms. The van der Waals surface area contributed by atoms with Crippen molar-refractivity contribution in [2.45, 2.75) is 32.7 Å². The molecule has 0 radical (unpaired) electrons. The van der Waals surface area contributed by atoms with Gasteiger partial charge in [-0.25, -0.2) is 4.98 Å². The van der Waals surface area contributed by atoms with Gasteiger partial charge in [0.25, 0.3) is 0 Å². The van der Waals surface area contributed by atoms with E-state index in [0.29, 0.717) is 0 Å². The number of aromatic nitrogens is 3. The molecule has 0 N–H and O–H groups in total. The zero-order chi connectivity index (χ0) is 17.2. The molecule has 0 aliphatic carbocycles. The first-order valence-electron chi connectivity index (χ1n) is 9.27. The monoisotopic (exact) mass is 334 g/mol. The Bertz CT molecular complexity index is 859. The van der Waals surface area contributed by atoms with E-state index in [0.717, 1.165) is 23.8 Å².